The minimum atomic E-state index is -0.997. The number of fused-ring (bicyclic) bond motifs is 2. The third kappa shape index (κ3) is 11.5. The number of rotatable bonds is 7. The van der Waals surface area contributed by atoms with Gasteiger partial charge in [0.25, 0.3) is 5.91 Å². The van der Waals surface area contributed by atoms with Crippen molar-refractivity contribution in [2.75, 3.05) is 41.4 Å². The van der Waals surface area contributed by atoms with Crippen LogP contribution in [0.15, 0.2) is 58.5 Å². The Morgan fingerprint density at radius 3 is 2.40 bits per heavy atom. The summed E-state index contributed by atoms with van der Waals surface area (Å²) in [6.07, 6.45) is 3.88. The molecule has 2 amide bonds. The van der Waals surface area contributed by atoms with Crippen LogP contribution in [0.3, 0.4) is 0 Å². The highest BCUT2D eigenvalue weighted by molar-refractivity contribution is 6.23. The van der Waals surface area contributed by atoms with Gasteiger partial charge in [-0.2, -0.15) is 0 Å². The van der Waals surface area contributed by atoms with Crippen molar-refractivity contribution < 1.29 is 38.5 Å². The van der Waals surface area contributed by atoms with Crippen molar-refractivity contribution in [2.45, 2.75) is 65.0 Å². The van der Waals surface area contributed by atoms with Crippen LogP contribution in [-0.2, 0) is 28.6 Å². The average molecular weight is 653 g/mol. The molecule has 0 fully saturated rings. The van der Waals surface area contributed by atoms with Crippen molar-refractivity contribution in [1.29, 1.82) is 0 Å². The summed E-state index contributed by atoms with van der Waals surface area (Å²) in [7, 11) is 6.74. The van der Waals surface area contributed by atoms with Crippen LogP contribution in [0.25, 0.3) is 0 Å². The van der Waals surface area contributed by atoms with E-state index < -0.39 is 53.9 Å². The summed E-state index contributed by atoms with van der Waals surface area (Å²) < 4.78 is 16.6. The maximum absolute atomic E-state index is 13.7. The van der Waals surface area contributed by atoms with E-state index in [9.17, 15) is 24.3 Å². The smallest absolute Gasteiger partial charge is 0.405 e. The van der Waals surface area contributed by atoms with E-state index >= 15 is 0 Å². The molecule has 13 heteroatoms. The van der Waals surface area contributed by atoms with Gasteiger partial charge in [-0.3, -0.25) is 14.4 Å². The zero-order chi connectivity index (χ0) is 33.1. The van der Waals surface area contributed by atoms with Crippen LogP contribution in [0.5, 0.6) is 0 Å². The summed E-state index contributed by atoms with van der Waals surface area (Å²) in [6.45, 7) is 8.09. The van der Waals surface area contributed by atoms with E-state index in [0.29, 0.717) is 25.1 Å². The predicted molar refractivity (Wildman–Crippen MR) is 173 cm³/mol. The van der Waals surface area contributed by atoms with Gasteiger partial charge in [-0.15, -0.1) is 12.4 Å². The number of carbonyl (C=O) groups is 4. The second kappa shape index (κ2) is 18.6. The number of halogens is 1. The summed E-state index contributed by atoms with van der Waals surface area (Å²) in [5.41, 5.74) is 6.55. The molecule has 5 N–H and O–H groups in total. The van der Waals surface area contributed by atoms with Gasteiger partial charge in [0.05, 0.1) is 23.6 Å². The molecule has 0 spiro atoms. The first-order valence-corrected chi connectivity index (χ1v) is 14.7. The molecule has 2 bridgehead atoms. The van der Waals surface area contributed by atoms with Gasteiger partial charge in [-0.05, 0) is 52.3 Å². The Kier molecular flexibility index (Phi) is 16.4. The van der Waals surface area contributed by atoms with Crippen molar-refractivity contribution in [3.05, 3.63) is 58.5 Å². The van der Waals surface area contributed by atoms with Crippen molar-refractivity contribution in [2.24, 2.45) is 17.6 Å². The third-order valence-electron chi connectivity index (χ3n) is 7.65. The number of ether oxygens (including phenoxy) is 3. The first-order valence-electron chi connectivity index (χ1n) is 14.7. The zero-order valence-corrected chi connectivity index (χ0v) is 28.2. The first kappa shape index (κ1) is 39.7. The van der Waals surface area contributed by atoms with E-state index in [4.69, 9.17) is 19.9 Å². The molecule has 1 aliphatic heterocycles. The Hall–Kier alpha value is -3.29. The van der Waals surface area contributed by atoms with Crippen LogP contribution in [-0.4, -0.2) is 99.4 Å². The first-order chi connectivity index (χ1) is 20.7. The van der Waals surface area contributed by atoms with Crippen LogP contribution in [0.2, 0.25) is 0 Å². The molecule has 45 heavy (non-hydrogen) atoms. The summed E-state index contributed by atoms with van der Waals surface area (Å²) >= 11 is 0. The molecular formula is C32H49ClN4O8. The highest BCUT2D eigenvalue weighted by Gasteiger charge is 2.33. The Balaban J connectivity index is 0.0000101. The van der Waals surface area contributed by atoms with Crippen LogP contribution < -0.4 is 16.4 Å². The van der Waals surface area contributed by atoms with Gasteiger partial charge in [-0.1, -0.05) is 38.2 Å². The number of hydrogen-bond acceptors (Lipinski definition) is 10. The molecule has 0 aromatic heterocycles. The average Bonchev–Trinajstić information content (AvgIpc) is 2.95. The number of aliphatic hydroxyl groups is 1. The van der Waals surface area contributed by atoms with Gasteiger partial charge in [0.2, 0.25) is 11.6 Å². The molecule has 252 valence electrons. The SMILES string of the molecule is CO[C@H]1/C=C\C=C(/C)C(=O)NC2=CC(=O)C(NCCN(C)C)=C(C[C@@H](C)C[C@H](OC)[C@@H](O)[C@@H](C)/C=C(\C)C1OC(N)=O)C2=O.Cl. The normalized spacial score (nSPS) is 30.3. The van der Waals surface area contributed by atoms with E-state index in [0.717, 1.165) is 6.08 Å². The molecule has 0 saturated heterocycles. The number of carbonyl (C=O) groups excluding carboxylic acids is 4. The highest BCUT2D eigenvalue weighted by Crippen LogP contribution is 2.28. The number of nitrogens with two attached hydrogens (primary N) is 1. The number of allylic oxidation sites excluding steroid dienone is 4. The number of hydrogen-bond donors (Lipinski definition) is 4. The summed E-state index contributed by atoms with van der Waals surface area (Å²) in [5.74, 6) is -2.06. The standard InChI is InChI=1S/C32H48N4O8.ClH/c1-18-14-22-27(34-12-13-36(5)6)24(37)17-23(29(22)39)35-31(40)19(2)10-9-11-25(42-7)30(44-32(33)41)21(4)16-20(3)28(38)26(15-18)43-8;/h9-11,16-18,20,25-26,28,30,34,38H,12-15H2,1-8H3,(H2,33,41)(H,35,40);1H/b11-9-,19-10+,21-16+;/t18-,20+,25+,26+,28+,30?;/m1./s1. The lowest BCUT2D eigenvalue weighted by Gasteiger charge is -2.30. The molecule has 1 unspecified atom stereocenters. The number of aliphatic hydroxyl groups excluding tert-OH is 1. The summed E-state index contributed by atoms with van der Waals surface area (Å²) in [6, 6.07) is 0. The molecule has 2 rings (SSSR count). The second-order valence-electron chi connectivity index (χ2n) is 11.7. The van der Waals surface area contributed by atoms with Crippen LogP contribution in [0.4, 0.5) is 4.79 Å². The van der Waals surface area contributed by atoms with Gasteiger partial charge in [0.1, 0.15) is 6.10 Å². The molecule has 1 heterocycles. The third-order valence-corrected chi connectivity index (χ3v) is 7.65. The maximum atomic E-state index is 13.7. The van der Waals surface area contributed by atoms with Gasteiger partial charge in [0.15, 0.2) is 6.10 Å². The van der Waals surface area contributed by atoms with Crippen LogP contribution in [0, 0.1) is 11.8 Å². The number of primary amides is 1. The van der Waals surface area contributed by atoms with E-state index in [-0.39, 0.29) is 47.3 Å². The number of methoxy groups -OCH3 is 2. The monoisotopic (exact) mass is 652 g/mol. The number of likely N-dealkylation sites (N-methyl/N-ethyl adjacent to an activating group) is 1. The molecule has 0 aromatic carbocycles. The number of Topliss-reactive ketones (excluding diaryl/α,β-unsaturated/α-hetero) is 1. The van der Waals surface area contributed by atoms with Gasteiger partial charge in [0, 0.05) is 50.4 Å². The van der Waals surface area contributed by atoms with Crippen LogP contribution >= 0.6 is 12.4 Å². The fourth-order valence-electron chi connectivity index (χ4n) is 5.18. The van der Waals surface area contributed by atoms with E-state index in [2.05, 4.69) is 10.6 Å². The van der Waals surface area contributed by atoms with E-state index in [1.807, 2.05) is 32.8 Å². The summed E-state index contributed by atoms with van der Waals surface area (Å²) in [4.78, 5) is 53.7. The fourth-order valence-corrected chi connectivity index (χ4v) is 5.18. The number of nitrogens with zero attached hydrogens (tertiary/aromatic N) is 1. The van der Waals surface area contributed by atoms with Crippen molar-refractivity contribution >= 4 is 36.0 Å². The lowest BCUT2D eigenvalue weighted by Crippen LogP contribution is -2.38. The molecule has 12 nitrogen and oxygen atoms in total. The minimum absolute atomic E-state index is 0. The van der Waals surface area contributed by atoms with Crippen molar-refractivity contribution in [3.8, 4) is 0 Å². The predicted octanol–water partition coefficient (Wildman–Crippen LogP) is 2.34. The van der Waals surface area contributed by atoms with Gasteiger partial charge in [-0.25, -0.2) is 4.79 Å². The quantitative estimate of drug-likeness (QED) is 0.237. The molecular weight excluding hydrogens is 604 g/mol. The molecule has 0 radical (unpaired) electrons. The Morgan fingerprint density at radius 1 is 1.16 bits per heavy atom. The maximum Gasteiger partial charge on any atom is 0.405 e. The minimum Gasteiger partial charge on any atom is -0.439 e. The summed E-state index contributed by atoms with van der Waals surface area (Å²) in [5, 5.41) is 17.0. The van der Waals surface area contributed by atoms with Crippen molar-refractivity contribution in [3.63, 3.8) is 0 Å². The molecule has 1 aliphatic carbocycles. The van der Waals surface area contributed by atoms with Crippen molar-refractivity contribution in [1.82, 2.24) is 15.5 Å². The van der Waals surface area contributed by atoms with Gasteiger partial charge >= 0.3 is 6.09 Å². The lowest BCUT2D eigenvalue weighted by molar-refractivity contribution is -0.120. The number of amides is 2. The largest absolute Gasteiger partial charge is 0.439 e. The number of nitrogens with one attached hydrogen (secondary N) is 2. The van der Waals surface area contributed by atoms with E-state index in [1.165, 1.54) is 20.3 Å². The van der Waals surface area contributed by atoms with Crippen LogP contribution in [0.1, 0.15) is 40.5 Å². The Morgan fingerprint density at radius 2 is 1.82 bits per heavy atom. The zero-order valence-electron chi connectivity index (χ0n) is 27.4. The van der Waals surface area contributed by atoms with Gasteiger partial charge < -0.3 is 40.6 Å². The molecule has 2 aliphatic rings. The number of ketones is 2. The lowest BCUT2D eigenvalue weighted by atomic mass is 9.85. The highest BCUT2D eigenvalue weighted by atomic mass is 35.5. The second-order valence-corrected chi connectivity index (χ2v) is 11.7. The Bertz CT molecular complexity index is 1240. The molecule has 0 saturated carbocycles. The Labute approximate surface area is 272 Å². The van der Waals surface area contributed by atoms with E-state index in [1.54, 1.807) is 32.1 Å². The molecule has 6 atom stereocenters. The topological polar surface area (TPSA) is 170 Å². The fraction of sp³-hybridized carbons (Fsp3) is 0.562. The molecule has 0 aromatic rings.